The van der Waals surface area contributed by atoms with Crippen LogP contribution in [-0.4, -0.2) is 12.7 Å². The van der Waals surface area contributed by atoms with Gasteiger partial charge in [0, 0.05) is 28.0 Å². The molecule has 4 rings (SSSR count). The van der Waals surface area contributed by atoms with Gasteiger partial charge in [-0.15, -0.1) is 0 Å². The molecule has 0 radical (unpaired) electrons. The fraction of sp³-hybridized carbons (Fsp3) is 0.200. The number of fused-ring (bicyclic) bond motifs is 3. The Balaban J connectivity index is 2.02. The Labute approximate surface area is 158 Å². The number of nitrogens with one attached hydrogen (secondary N) is 1. The second-order valence-electron chi connectivity index (χ2n) is 6.59. The molecule has 1 atom stereocenters. The molecule has 1 unspecified atom stereocenters. The zero-order valence-electron chi connectivity index (χ0n) is 14.2. The highest BCUT2D eigenvalue weighted by atomic mass is 35.5. The molecule has 0 bridgehead atoms. The number of hydrogen-bond donors (Lipinski definition) is 1. The van der Waals surface area contributed by atoms with Crippen LogP contribution in [0.25, 0.3) is 10.6 Å². The smallest absolute Gasteiger partial charge is 0.361 e. The third kappa shape index (κ3) is 3.08. The van der Waals surface area contributed by atoms with E-state index in [-0.39, 0.29) is 0 Å². The average Bonchev–Trinajstić information content (AvgIpc) is 2.85. The van der Waals surface area contributed by atoms with Crippen molar-refractivity contribution in [2.45, 2.75) is 19.1 Å². The van der Waals surface area contributed by atoms with Crippen molar-refractivity contribution in [1.29, 1.82) is 0 Å². The number of benzene rings is 2. The van der Waals surface area contributed by atoms with Gasteiger partial charge in [0.1, 0.15) is 12.4 Å². The predicted octanol–water partition coefficient (Wildman–Crippen LogP) is 4.41. The molecule has 0 fully saturated rings. The van der Waals surface area contributed by atoms with Gasteiger partial charge in [0.15, 0.2) is 0 Å². The Hall–Kier alpha value is -2.47. The Bertz CT molecular complexity index is 1070. The normalized spacial score (nSPS) is 18.4. The first kappa shape index (κ1) is 17.9. The van der Waals surface area contributed by atoms with Crippen LogP contribution < -0.4 is 20.7 Å². The van der Waals surface area contributed by atoms with Crippen LogP contribution in [0.1, 0.15) is 18.5 Å². The number of halogens is 5. The molecule has 0 saturated carbocycles. The number of alkyl halides is 3. The quantitative estimate of drug-likeness (QED) is 0.759. The first-order valence-corrected chi connectivity index (χ1v) is 8.69. The maximum absolute atomic E-state index is 13.8. The van der Waals surface area contributed by atoms with E-state index in [0.717, 1.165) is 5.69 Å². The van der Waals surface area contributed by atoms with Crippen LogP contribution in [0.4, 0.5) is 28.9 Å². The molecule has 2 aromatic carbocycles. The number of nitrogens with zero attached hydrogens (tertiary/aromatic N) is 1. The van der Waals surface area contributed by atoms with Gasteiger partial charge in [-0.1, -0.05) is 23.7 Å². The van der Waals surface area contributed by atoms with Gasteiger partial charge in [0.05, 0.1) is 11.1 Å². The van der Waals surface area contributed by atoms with Crippen LogP contribution in [0.15, 0.2) is 48.7 Å². The summed E-state index contributed by atoms with van der Waals surface area (Å²) in [5, 5.41) is 4.85. The first-order valence-electron chi connectivity index (χ1n) is 8.32. The summed E-state index contributed by atoms with van der Waals surface area (Å²) in [6, 6.07) is 8.34. The van der Waals surface area contributed by atoms with Crippen LogP contribution >= 0.6 is 11.6 Å². The molecule has 0 aliphatic carbocycles. The van der Waals surface area contributed by atoms with Crippen molar-refractivity contribution in [3.8, 4) is 0 Å². The molecule has 2 aliphatic rings. The Morgan fingerprint density at radius 1 is 1.15 bits per heavy atom. The van der Waals surface area contributed by atoms with Gasteiger partial charge in [-0.05, 0) is 48.4 Å². The molecule has 0 aromatic heterocycles. The van der Waals surface area contributed by atoms with E-state index < -0.39 is 24.6 Å². The van der Waals surface area contributed by atoms with Crippen LogP contribution in [0.3, 0.4) is 0 Å². The van der Waals surface area contributed by atoms with Crippen molar-refractivity contribution in [3.05, 3.63) is 70.5 Å². The summed E-state index contributed by atoms with van der Waals surface area (Å²) >= 11 is 6.37. The summed E-state index contributed by atoms with van der Waals surface area (Å²) in [5.74, 6) is -0.487. The third-order valence-electron chi connectivity index (χ3n) is 4.83. The van der Waals surface area contributed by atoms with Crippen molar-refractivity contribution in [1.82, 2.24) is 0 Å². The van der Waals surface area contributed by atoms with E-state index in [1.54, 1.807) is 37.4 Å². The van der Waals surface area contributed by atoms with Gasteiger partial charge in [-0.3, -0.25) is 0 Å². The minimum atomic E-state index is -4.41. The van der Waals surface area contributed by atoms with Crippen molar-refractivity contribution < 1.29 is 17.6 Å². The van der Waals surface area contributed by atoms with E-state index >= 15 is 0 Å². The van der Waals surface area contributed by atoms with E-state index in [0.29, 0.717) is 32.3 Å². The van der Waals surface area contributed by atoms with Gasteiger partial charge in [0.2, 0.25) is 0 Å². The molecule has 0 spiro atoms. The highest BCUT2D eigenvalue weighted by molar-refractivity contribution is 6.47. The van der Waals surface area contributed by atoms with Gasteiger partial charge in [-0.2, -0.15) is 13.2 Å². The average molecular weight is 395 g/mol. The lowest BCUT2D eigenvalue weighted by Gasteiger charge is -2.30. The predicted molar refractivity (Wildman–Crippen MR) is 99.3 cm³/mol. The molecule has 0 saturated heterocycles. The molecule has 2 aliphatic heterocycles. The second kappa shape index (κ2) is 6.30. The minimum absolute atomic E-state index is 0.438. The molecule has 2 aromatic rings. The summed E-state index contributed by atoms with van der Waals surface area (Å²) in [4.78, 5) is 1.27. The van der Waals surface area contributed by atoms with Gasteiger partial charge in [-0.25, -0.2) is 4.39 Å². The topological polar surface area (TPSA) is 15.3 Å². The summed E-state index contributed by atoms with van der Waals surface area (Å²) in [6.45, 7) is 0.631. The molecule has 0 amide bonds. The highest BCUT2D eigenvalue weighted by Crippen LogP contribution is 2.39. The zero-order valence-corrected chi connectivity index (χ0v) is 15.0. The lowest BCUT2D eigenvalue weighted by Crippen LogP contribution is -2.37. The molecular formula is C20H15ClF4N2. The summed E-state index contributed by atoms with van der Waals surface area (Å²) in [5.41, 5.74) is 2.34. The summed E-state index contributed by atoms with van der Waals surface area (Å²) in [6.07, 6.45) is -1.06. The monoisotopic (exact) mass is 394 g/mol. The van der Waals surface area contributed by atoms with E-state index in [9.17, 15) is 17.6 Å². The zero-order chi connectivity index (χ0) is 19.3. The molecule has 2 nitrogen and oxygen atoms in total. The third-order valence-corrected chi connectivity index (χ3v) is 5.15. The molecule has 140 valence electrons. The van der Waals surface area contributed by atoms with Gasteiger partial charge in [0.25, 0.3) is 0 Å². The van der Waals surface area contributed by atoms with Crippen molar-refractivity contribution in [3.63, 3.8) is 0 Å². The molecule has 2 heterocycles. The SMILES string of the molecule is CC1=c2c(ccc3c2=C(Cl)C=CN3)N(CC(F)(F)F)C1c1cccc(F)c1. The molecule has 1 N–H and O–H groups in total. The number of hydrogen-bond acceptors (Lipinski definition) is 2. The van der Waals surface area contributed by atoms with E-state index in [1.165, 1.54) is 23.1 Å². The van der Waals surface area contributed by atoms with Crippen LogP contribution in [0.5, 0.6) is 0 Å². The van der Waals surface area contributed by atoms with Crippen LogP contribution in [-0.2, 0) is 0 Å². The number of allylic oxidation sites excluding steroid dienone is 1. The molecular weight excluding hydrogens is 380 g/mol. The fourth-order valence-electron chi connectivity index (χ4n) is 3.87. The Morgan fingerprint density at radius 2 is 1.93 bits per heavy atom. The Morgan fingerprint density at radius 3 is 2.63 bits per heavy atom. The van der Waals surface area contributed by atoms with Gasteiger partial charge < -0.3 is 10.2 Å². The fourth-order valence-corrected chi connectivity index (χ4v) is 4.13. The van der Waals surface area contributed by atoms with Crippen LogP contribution in [0, 0.1) is 5.82 Å². The van der Waals surface area contributed by atoms with E-state index in [2.05, 4.69) is 5.32 Å². The summed E-state index contributed by atoms with van der Waals surface area (Å²) in [7, 11) is 0. The van der Waals surface area contributed by atoms with Crippen LogP contribution in [0.2, 0.25) is 0 Å². The lowest BCUT2D eigenvalue weighted by atomic mass is 9.99. The van der Waals surface area contributed by atoms with Crippen molar-refractivity contribution in [2.24, 2.45) is 0 Å². The first-order chi connectivity index (χ1) is 12.8. The number of anilines is 2. The van der Waals surface area contributed by atoms with Crippen molar-refractivity contribution >= 4 is 33.6 Å². The second-order valence-corrected chi connectivity index (χ2v) is 7.00. The molecule has 27 heavy (non-hydrogen) atoms. The van der Waals surface area contributed by atoms with E-state index in [1.807, 2.05) is 0 Å². The highest BCUT2D eigenvalue weighted by Gasteiger charge is 2.39. The number of rotatable bonds is 2. The summed E-state index contributed by atoms with van der Waals surface area (Å²) < 4.78 is 53.8. The largest absolute Gasteiger partial charge is 0.405 e. The van der Waals surface area contributed by atoms with Gasteiger partial charge >= 0.3 is 6.18 Å². The maximum Gasteiger partial charge on any atom is 0.405 e. The Kier molecular flexibility index (Phi) is 4.18. The minimum Gasteiger partial charge on any atom is -0.361 e. The molecule has 7 heteroatoms. The van der Waals surface area contributed by atoms with E-state index in [4.69, 9.17) is 11.6 Å². The van der Waals surface area contributed by atoms with Crippen molar-refractivity contribution in [2.75, 3.05) is 16.8 Å². The maximum atomic E-state index is 13.8. The standard InChI is InChI=1S/C20H15ClF4N2/c1-11-17-16(6-5-15-18(17)14(21)7-8-26-15)27(10-20(23,24)25)19(11)12-3-2-4-13(22)9-12/h2-9,19,26H,10H2,1H3. The lowest BCUT2D eigenvalue weighted by molar-refractivity contribution is -0.120.